The van der Waals surface area contributed by atoms with Crippen LogP contribution in [0.1, 0.15) is 91.4 Å². The fraction of sp³-hybridized carbons (Fsp3) is 0.609. The average molecular weight is 394 g/mol. The SMILES string of the molecule is NC(=O)c1cccc([C@@H]2C[C@H]3CC[C@@H](C2)N3Cc2cn(C3CCCCC3)nn2)c1. The summed E-state index contributed by atoms with van der Waals surface area (Å²) in [4.78, 5) is 14.2. The predicted octanol–water partition coefficient (Wildman–Crippen LogP) is 3.79. The molecule has 0 spiro atoms. The summed E-state index contributed by atoms with van der Waals surface area (Å²) in [6.07, 6.45) is 13.5. The zero-order valence-corrected chi connectivity index (χ0v) is 17.0. The fourth-order valence-electron chi connectivity index (χ4n) is 5.85. The number of hydrogen-bond donors (Lipinski definition) is 1. The Morgan fingerprint density at radius 2 is 1.79 bits per heavy atom. The summed E-state index contributed by atoms with van der Waals surface area (Å²) in [7, 11) is 0. The van der Waals surface area contributed by atoms with Crippen molar-refractivity contribution in [1.29, 1.82) is 0 Å². The van der Waals surface area contributed by atoms with Gasteiger partial charge in [0.2, 0.25) is 5.91 Å². The maximum absolute atomic E-state index is 11.5. The maximum Gasteiger partial charge on any atom is 0.248 e. The summed E-state index contributed by atoms with van der Waals surface area (Å²) in [5, 5.41) is 8.97. The Morgan fingerprint density at radius 1 is 1.03 bits per heavy atom. The standard InChI is InChI=1S/C23H31N5O/c24-23(29)17-6-4-5-16(11-17)18-12-21-9-10-22(13-18)27(21)14-19-15-28(26-25-19)20-7-2-1-3-8-20/h4-6,11,15,18,20-22H,1-3,7-10,12-14H2,(H2,24,29)/t18-,21-,22+. The summed E-state index contributed by atoms with van der Waals surface area (Å²) in [6, 6.07) is 9.66. The second-order valence-corrected chi connectivity index (χ2v) is 9.20. The van der Waals surface area contributed by atoms with E-state index in [2.05, 4.69) is 32.2 Å². The van der Waals surface area contributed by atoms with E-state index in [1.807, 2.05) is 18.2 Å². The molecule has 2 bridgehead atoms. The van der Waals surface area contributed by atoms with Crippen LogP contribution < -0.4 is 5.73 Å². The molecule has 2 aromatic rings. The molecule has 3 fully saturated rings. The number of primary amides is 1. The van der Waals surface area contributed by atoms with Gasteiger partial charge in [-0.3, -0.25) is 9.69 Å². The molecule has 0 unspecified atom stereocenters. The number of hydrogen-bond acceptors (Lipinski definition) is 4. The Balaban J connectivity index is 1.26. The lowest BCUT2D eigenvalue weighted by Gasteiger charge is -2.38. The number of carbonyl (C=O) groups is 1. The summed E-state index contributed by atoms with van der Waals surface area (Å²) in [5.74, 6) is 0.175. The van der Waals surface area contributed by atoms with Gasteiger partial charge in [-0.1, -0.05) is 36.6 Å². The van der Waals surface area contributed by atoms with Crippen molar-refractivity contribution in [2.45, 2.75) is 88.4 Å². The summed E-state index contributed by atoms with van der Waals surface area (Å²) < 4.78 is 2.12. The topological polar surface area (TPSA) is 77.0 Å². The molecule has 3 atom stereocenters. The fourth-order valence-corrected chi connectivity index (χ4v) is 5.85. The second-order valence-electron chi connectivity index (χ2n) is 9.20. The number of nitrogens with zero attached hydrogens (tertiary/aromatic N) is 4. The highest BCUT2D eigenvalue weighted by atomic mass is 16.1. The predicted molar refractivity (Wildman–Crippen MR) is 111 cm³/mol. The van der Waals surface area contributed by atoms with Gasteiger partial charge in [-0.15, -0.1) is 5.10 Å². The number of benzene rings is 1. The Kier molecular flexibility index (Phi) is 5.12. The van der Waals surface area contributed by atoms with Crippen LogP contribution in [0.5, 0.6) is 0 Å². The van der Waals surface area contributed by atoms with Crippen LogP contribution in [0.15, 0.2) is 30.5 Å². The number of amides is 1. The van der Waals surface area contributed by atoms with Crippen molar-refractivity contribution in [2.75, 3.05) is 0 Å². The molecule has 0 radical (unpaired) electrons. The van der Waals surface area contributed by atoms with Crippen molar-refractivity contribution < 1.29 is 4.79 Å². The van der Waals surface area contributed by atoms with Crippen molar-refractivity contribution in [3.05, 3.63) is 47.3 Å². The van der Waals surface area contributed by atoms with Crippen LogP contribution in [-0.4, -0.2) is 37.9 Å². The van der Waals surface area contributed by atoms with Gasteiger partial charge in [-0.25, -0.2) is 4.68 Å². The highest BCUT2D eigenvalue weighted by Gasteiger charge is 2.41. The minimum Gasteiger partial charge on any atom is -0.366 e. The molecule has 1 saturated carbocycles. The first-order valence-electron chi connectivity index (χ1n) is 11.2. The van der Waals surface area contributed by atoms with Gasteiger partial charge in [-0.05, 0) is 62.1 Å². The van der Waals surface area contributed by atoms with E-state index in [4.69, 9.17) is 5.73 Å². The van der Waals surface area contributed by atoms with Gasteiger partial charge in [0, 0.05) is 24.2 Å². The molecule has 6 nitrogen and oxygen atoms in total. The van der Waals surface area contributed by atoms with E-state index in [1.165, 1.54) is 50.5 Å². The van der Waals surface area contributed by atoms with Gasteiger partial charge in [0.15, 0.2) is 0 Å². The van der Waals surface area contributed by atoms with Crippen LogP contribution in [0.2, 0.25) is 0 Å². The van der Waals surface area contributed by atoms with Crippen LogP contribution >= 0.6 is 0 Å². The van der Waals surface area contributed by atoms with Crippen LogP contribution in [0, 0.1) is 0 Å². The van der Waals surface area contributed by atoms with E-state index >= 15 is 0 Å². The molecule has 6 heteroatoms. The molecule has 1 amide bonds. The second kappa shape index (κ2) is 7.90. The number of nitrogens with two attached hydrogens (primary N) is 1. The quantitative estimate of drug-likeness (QED) is 0.838. The molecule has 154 valence electrons. The van der Waals surface area contributed by atoms with E-state index in [0.717, 1.165) is 25.1 Å². The summed E-state index contributed by atoms with van der Waals surface area (Å²) in [5.41, 5.74) is 8.48. The summed E-state index contributed by atoms with van der Waals surface area (Å²) in [6.45, 7) is 0.913. The first-order chi connectivity index (χ1) is 14.2. The molecular formula is C23H31N5O. The number of aromatic nitrogens is 3. The van der Waals surface area contributed by atoms with Crippen LogP contribution in [0.3, 0.4) is 0 Å². The Bertz CT molecular complexity index is 858. The molecule has 3 aliphatic rings. The third kappa shape index (κ3) is 3.82. The average Bonchev–Trinajstić information content (AvgIpc) is 3.30. The van der Waals surface area contributed by atoms with Crippen LogP contribution in [0.25, 0.3) is 0 Å². The van der Waals surface area contributed by atoms with E-state index < -0.39 is 0 Å². The molecule has 1 aromatic heterocycles. The smallest absolute Gasteiger partial charge is 0.248 e. The molecule has 5 rings (SSSR count). The molecular weight excluding hydrogens is 362 g/mol. The van der Waals surface area contributed by atoms with Gasteiger partial charge in [0.05, 0.1) is 17.9 Å². The monoisotopic (exact) mass is 393 g/mol. The Hall–Kier alpha value is -2.21. The largest absolute Gasteiger partial charge is 0.366 e. The van der Waals surface area contributed by atoms with Gasteiger partial charge in [0.25, 0.3) is 0 Å². The van der Waals surface area contributed by atoms with E-state index in [-0.39, 0.29) is 5.91 Å². The zero-order valence-electron chi connectivity index (χ0n) is 17.0. The highest BCUT2D eigenvalue weighted by molar-refractivity contribution is 5.92. The van der Waals surface area contributed by atoms with Crippen molar-refractivity contribution in [2.24, 2.45) is 5.73 Å². The normalized spacial score (nSPS) is 27.9. The van der Waals surface area contributed by atoms with Gasteiger partial charge >= 0.3 is 0 Å². The molecule has 1 aliphatic carbocycles. The van der Waals surface area contributed by atoms with Gasteiger partial charge in [-0.2, -0.15) is 0 Å². The number of rotatable bonds is 5. The van der Waals surface area contributed by atoms with Crippen molar-refractivity contribution in [1.82, 2.24) is 19.9 Å². The minimum atomic E-state index is -0.340. The third-order valence-corrected chi connectivity index (χ3v) is 7.38. The van der Waals surface area contributed by atoms with Crippen LogP contribution in [-0.2, 0) is 6.54 Å². The highest BCUT2D eigenvalue weighted by Crippen LogP contribution is 2.43. The molecule has 1 aromatic carbocycles. The first kappa shape index (κ1) is 18.8. The van der Waals surface area contributed by atoms with Gasteiger partial charge in [0.1, 0.15) is 0 Å². The maximum atomic E-state index is 11.5. The number of piperidine rings is 1. The lowest BCUT2D eigenvalue weighted by molar-refractivity contribution is 0.0999. The van der Waals surface area contributed by atoms with Crippen molar-refractivity contribution >= 4 is 5.91 Å². The molecule has 29 heavy (non-hydrogen) atoms. The molecule has 2 saturated heterocycles. The number of carbonyl (C=O) groups excluding carboxylic acids is 1. The van der Waals surface area contributed by atoms with Gasteiger partial charge < -0.3 is 5.73 Å². The van der Waals surface area contributed by atoms with E-state index in [0.29, 0.717) is 29.6 Å². The minimum absolute atomic E-state index is 0.340. The Labute approximate surface area is 172 Å². The first-order valence-corrected chi connectivity index (χ1v) is 11.2. The molecule has 2 N–H and O–H groups in total. The summed E-state index contributed by atoms with van der Waals surface area (Å²) >= 11 is 0. The van der Waals surface area contributed by atoms with Crippen LogP contribution in [0.4, 0.5) is 0 Å². The van der Waals surface area contributed by atoms with E-state index in [1.54, 1.807) is 0 Å². The molecule has 2 aliphatic heterocycles. The lowest BCUT2D eigenvalue weighted by atomic mass is 9.84. The number of fused-ring (bicyclic) bond motifs is 2. The van der Waals surface area contributed by atoms with Crippen molar-refractivity contribution in [3.8, 4) is 0 Å². The van der Waals surface area contributed by atoms with Crippen molar-refractivity contribution in [3.63, 3.8) is 0 Å². The zero-order chi connectivity index (χ0) is 19.8. The third-order valence-electron chi connectivity index (χ3n) is 7.38. The Morgan fingerprint density at radius 3 is 2.52 bits per heavy atom. The lowest BCUT2D eigenvalue weighted by Crippen LogP contribution is -2.41. The van der Waals surface area contributed by atoms with E-state index in [9.17, 15) is 4.79 Å². The molecule has 3 heterocycles.